The van der Waals surface area contributed by atoms with Crippen molar-refractivity contribution in [2.45, 2.75) is 36.8 Å². The molecular weight excluding hydrogens is 172 g/mol. The second kappa shape index (κ2) is 3.18. The van der Waals surface area contributed by atoms with Gasteiger partial charge in [0.15, 0.2) is 0 Å². The summed E-state index contributed by atoms with van der Waals surface area (Å²) in [6.07, 6.45) is -1.54. The Labute approximate surface area is 76.8 Å². The monoisotopic (exact) mass is 188 g/mol. The Bertz CT molecular complexity index is 202. The molecule has 13 heavy (non-hydrogen) atoms. The number of nitrogens with zero attached hydrogens (tertiary/aromatic N) is 1. The fourth-order valence-electron chi connectivity index (χ4n) is 2.53. The summed E-state index contributed by atoms with van der Waals surface area (Å²) in [5.74, 6) is 0. The van der Waals surface area contributed by atoms with Gasteiger partial charge in [-0.05, 0) is 6.42 Å². The maximum absolute atomic E-state index is 9.63. The summed E-state index contributed by atoms with van der Waals surface area (Å²) in [5.41, 5.74) is 5.49. The average Bonchev–Trinajstić information content (AvgIpc) is 2.57. The van der Waals surface area contributed by atoms with Gasteiger partial charge in [0.05, 0.1) is 30.4 Å². The van der Waals surface area contributed by atoms with Crippen molar-refractivity contribution in [1.29, 1.82) is 0 Å². The van der Waals surface area contributed by atoms with Gasteiger partial charge in [-0.15, -0.1) is 0 Å². The largest absolute Gasteiger partial charge is 0.391 e. The van der Waals surface area contributed by atoms with Crippen LogP contribution in [0.1, 0.15) is 6.42 Å². The van der Waals surface area contributed by atoms with Gasteiger partial charge in [-0.1, -0.05) is 0 Å². The second-order valence-electron chi connectivity index (χ2n) is 3.87. The minimum absolute atomic E-state index is 0.197. The molecule has 0 aromatic carbocycles. The maximum atomic E-state index is 9.63. The molecule has 0 unspecified atom stereocenters. The lowest BCUT2D eigenvalue weighted by atomic mass is 10.0. The lowest BCUT2D eigenvalue weighted by Gasteiger charge is -2.22. The normalized spacial score (nSPS) is 51.2. The standard InChI is InChI=1S/C8H16N2O3/c9-3-4-7(12)8(13)6-5(11)1-2-10(4)6/h4-8,11-13H,1-3,9H2/t4-,5-,6-,7-,8+/m1/s1. The third-order valence-electron chi connectivity index (χ3n) is 3.22. The SMILES string of the molecule is NC[C@@H]1[C@@H](O)[C@@H](O)[C@H]2[C@H](O)CCN21. The zero-order valence-electron chi connectivity index (χ0n) is 7.37. The van der Waals surface area contributed by atoms with Crippen LogP contribution in [-0.2, 0) is 0 Å². The van der Waals surface area contributed by atoms with E-state index >= 15 is 0 Å². The first-order chi connectivity index (χ1) is 6.16. The molecule has 0 aliphatic carbocycles. The molecule has 2 rings (SSSR count). The summed E-state index contributed by atoms with van der Waals surface area (Å²) in [4.78, 5) is 1.92. The number of aliphatic hydroxyl groups excluding tert-OH is 3. The van der Waals surface area contributed by atoms with E-state index in [1.54, 1.807) is 0 Å². The first-order valence-electron chi connectivity index (χ1n) is 4.67. The molecule has 0 radical (unpaired) electrons. The zero-order chi connectivity index (χ0) is 9.59. The molecule has 0 bridgehead atoms. The first-order valence-corrected chi connectivity index (χ1v) is 4.67. The molecule has 5 heteroatoms. The number of fused-ring (bicyclic) bond motifs is 1. The summed E-state index contributed by atoms with van der Waals surface area (Å²) in [7, 11) is 0. The van der Waals surface area contributed by atoms with E-state index in [9.17, 15) is 15.3 Å². The predicted octanol–water partition coefficient (Wildman–Crippen LogP) is -2.52. The predicted molar refractivity (Wildman–Crippen MR) is 46.0 cm³/mol. The molecule has 0 aromatic rings. The molecule has 0 aromatic heterocycles. The third kappa shape index (κ3) is 1.19. The number of hydrogen-bond donors (Lipinski definition) is 4. The summed E-state index contributed by atoms with van der Waals surface area (Å²) in [6, 6.07) is -0.513. The fourth-order valence-corrected chi connectivity index (χ4v) is 2.53. The van der Waals surface area contributed by atoms with Crippen LogP contribution < -0.4 is 5.73 Å². The van der Waals surface area contributed by atoms with Crippen LogP contribution >= 0.6 is 0 Å². The van der Waals surface area contributed by atoms with Crippen molar-refractivity contribution in [3.63, 3.8) is 0 Å². The smallest absolute Gasteiger partial charge is 0.0995 e. The number of nitrogens with two attached hydrogens (primary N) is 1. The summed E-state index contributed by atoms with van der Waals surface area (Å²) in [5, 5.41) is 28.8. The molecule has 5 N–H and O–H groups in total. The van der Waals surface area contributed by atoms with Crippen LogP contribution in [-0.4, -0.2) is 63.7 Å². The Kier molecular flexibility index (Phi) is 2.29. The van der Waals surface area contributed by atoms with Gasteiger partial charge in [-0.2, -0.15) is 0 Å². The Hall–Kier alpha value is -0.200. The Morgan fingerprint density at radius 3 is 2.54 bits per heavy atom. The zero-order valence-corrected chi connectivity index (χ0v) is 7.37. The average molecular weight is 188 g/mol. The molecule has 2 saturated heterocycles. The highest BCUT2D eigenvalue weighted by Gasteiger charge is 2.52. The van der Waals surface area contributed by atoms with E-state index in [4.69, 9.17) is 5.73 Å². The van der Waals surface area contributed by atoms with Crippen molar-refractivity contribution in [2.24, 2.45) is 5.73 Å². The molecule has 0 saturated carbocycles. The highest BCUT2D eigenvalue weighted by molar-refractivity contribution is 5.07. The van der Waals surface area contributed by atoms with E-state index in [1.165, 1.54) is 0 Å². The quantitative estimate of drug-likeness (QED) is 0.365. The summed E-state index contributed by atoms with van der Waals surface area (Å²) >= 11 is 0. The summed E-state index contributed by atoms with van der Waals surface area (Å²) in [6.45, 7) is 1.03. The van der Waals surface area contributed by atoms with Gasteiger partial charge in [-0.25, -0.2) is 0 Å². The van der Waals surface area contributed by atoms with Crippen LogP contribution in [0, 0.1) is 0 Å². The van der Waals surface area contributed by atoms with Crippen molar-refractivity contribution in [3.8, 4) is 0 Å². The Morgan fingerprint density at radius 1 is 1.23 bits per heavy atom. The van der Waals surface area contributed by atoms with E-state index in [1.807, 2.05) is 4.90 Å². The van der Waals surface area contributed by atoms with Crippen LogP contribution in [0.25, 0.3) is 0 Å². The van der Waals surface area contributed by atoms with Gasteiger partial charge in [0.25, 0.3) is 0 Å². The van der Waals surface area contributed by atoms with Crippen molar-refractivity contribution >= 4 is 0 Å². The molecule has 0 amide bonds. The third-order valence-corrected chi connectivity index (χ3v) is 3.22. The lowest BCUT2D eigenvalue weighted by Crippen LogP contribution is -2.42. The summed E-state index contributed by atoms with van der Waals surface area (Å²) < 4.78 is 0. The topological polar surface area (TPSA) is 90.0 Å². The lowest BCUT2D eigenvalue weighted by molar-refractivity contribution is 0.00389. The number of aliphatic hydroxyl groups is 3. The van der Waals surface area contributed by atoms with Crippen molar-refractivity contribution < 1.29 is 15.3 Å². The van der Waals surface area contributed by atoms with Crippen molar-refractivity contribution in [3.05, 3.63) is 0 Å². The van der Waals surface area contributed by atoms with E-state index in [0.717, 1.165) is 0 Å². The van der Waals surface area contributed by atoms with Gasteiger partial charge in [0.2, 0.25) is 0 Å². The van der Waals surface area contributed by atoms with E-state index in [2.05, 4.69) is 0 Å². The van der Waals surface area contributed by atoms with Gasteiger partial charge in [0.1, 0.15) is 0 Å². The Balaban J connectivity index is 2.19. The van der Waals surface area contributed by atoms with Gasteiger partial charge < -0.3 is 21.1 Å². The van der Waals surface area contributed by atoms with Crippen LogP contribution in [0.3, 0.4) is 0 Å². The van der Waals surface area contributed by atoms with Gasteiger partial charge in [0, 0.05) is 13.1 Å². The number of hydrogen-bond acceptors (Lipinski definition) is 5. The van der Waals surface area contributed by atoms with E-state index in [0.29, 0.717) is 19.5 Å². The first kappa shape index (κ1) is 9.36. The minimum Gasteiger partial charge on any atom is -0.391 e. The van der Waals surface area contributed by atoms with Gasteiger partial charge >= 0.3 is 0 Å². The maximum Gasteiger partial charge on any atom is 0.0995 e. The molecule has 2 heterocycles. The van der Waals surface area contributed by atoms with Crippen molar-refractivity contribution in [2.75, 3.05) is 13.1 Å². The molecule has 2 fully saturated rings. The van der Waals surface area contributed by atoms with Gasteiger partial charge in [-0.3, -0.25) is 4.90 Å². The molecule has 0 spiro atoms. The van der Waals surface area contributed by atoms with E-state index in [-0.39, 0.29) is 12.1 Å². The van der Waals surface area contributed by atoms with E-state index < -0.39 is 18.3 Å². The van der Waals surface area contributed by atoms with Crippen LogP contribution in [0.4, 0.5) is 0 Å². The highest BCUT2D eigenvalue weighted by Crippen LogP contribution is 2.32. The minimum atomic E-state index is -0.856. The van der Waals surface area contributed by atoms with Crippen LogP contribution in [0.2, 0.25) is 0 Å². The molecule has 5 nitrogen and oxygen atoms in total. The second-order valence-corrected chi connectivity index (χ2v) is 3.87. The Morgan fingerprint density at radius 2 is 1.92 bits per heavy atom. The van der Waals surface area contributed by atoms with Crippen LogP contribution in [0.5, 0.6) is 0 Å². The highest BCUT2D eigenvalue weighted by atomic mass is 16.3. The number of rotatable bonds is 1. The molecule has 76 valence electrons. The molecular formula is C8H16N2O3. The molecule has 2 aliphatic heterocycles. The van der Waals surface area contributed by atoms with Crippen molar-refractivity contribution in [1.82, 2.24) is 4.90 Å². The van der Waals surface area contributed by atoms with Crippen LogP contribution in [0.15, 0.2) is 0 Å². The fraction of sp³-hybridized carbons (Fsp3) is 1.00. The molecule has 5 atom stereocenters. The molecule has 2 aliphatic rings.